The number of likely N-dealkylation sites (N-methyl/N-ethyl adjacent to an activating group) is 1. The third kappa shape index (κ3) is 2.61. The minimum atomic E-state index is -0.127. The molecule has 8 heteroatoms. The molecule has 1 amide bonds. The third-order valence-corrected chi connectivity index (χ3v) is 4.28. The lowest BCUT2D eigenvalue weighted by Crippen LogP contribution is -2.30. The van der Waals surface area contributed by atoms with E-state index in [0.29, 0.717) is 12.2 Å². The molecule has 0 aliphatic carbocycles. The molecule has 1 fully saturated rings. The number of aryl methyl sites for hydroxylation is 1. The van der Waals surface area contributed by atoms with Crippen LogP contribution in [0.2, 0.25) is 0 Å². The van der Waals surface area contributed by atoms with Crippen LogP contribution in [0.3, 0.4) is 0 Å². The standard InChI is InChI=1S/C15H17N7O/c1-9-11(7-19-22(9)3)15-12(4-14(23)21(15)2)20-13-8-17-10(5-16)6-18-13/h6-8,12,15H,4H2,1-3H3,(H,18,20)/t12-,15+/m1/s1. The van der Waals surface area contributed by atoms with Crippen LogP contribution in [0.5, 0.6) is 0 Å². The average Bonchev–Trinajstić information content (AvgIpc) is 3.01. The number of hydrogen-bond donors (Lipinski definition) is 1. The molecule has 1 N–H and O–H groups in total. The van der Waals surface area contributed by atoms with Crippen LogP contribution in [0.4, 0.5) is 5.82 Å². The fourth-order valence-electron chi connectivity index (χ4n) is 2.88. The van der Waals surface area contributed by atoms with Gasteiger partial charge in [-0.25, -0.2) is 9.97 Å². The first-order valence-corrected chi connectivity index (χ1v) is 7.24. The van der Waals surface area contributed by atoms with E-state index in [1.807, 2.05) is 20.0 Å². The number of anilines is 1. The van der Waals surface area contributed by atoms with E-state index in [-0.39, 0.29) is 23.7 Å². The lowest BCUT2D eigenvalue weighted by molar-refractivity contribution is -0.127. The van der Waals surface area contributed by atoms with Gasteiger partial charge in [-0.3, -0.25) is 9.48 Å². The van der Waals surface area contributed by atoms with Crippen LogP contribution in [-0.2, 0) is 11.8 Å². The Balaban J connectivity index is 1.88. The van der Waals surface area contributed by atoms with Crippen molar-refractivity contribution in [3.63, 3.8) is 0 Å². The summed E-state index contributed by atoms with van der Waals surface area (Å²) < 4.78 is 1.80. The molecule has 3 rings (SSSR count). The Morgan fingerprint density at radius 3 is 2.65 bits per heavy atom. The maximum absolute atomic E-state index is 12.2. The van der Waals surface area contributed by atoms with Crippen molar-refractivity contribution in [1.82, 2.24) is 24.6 Å². The van der Waals surface area contributed by atoms with Crippen LogP contribution in [0, 0.1) is 18.3 Å². The summed E-state index contributed by atoms with van der Waals surface area (Å²) in [5.41, 5.74) is 2.30. The maximum Gasteiger partial charge on any atom is 0.225 e. The van der Waals surface area contributed by atoms with Gasteiger partial charge in [0.2, 0.25) is 5.91 Å². The Morgan fingerprint density at radius 1 is 1.30 bits per heavy atom. The summed E-state index contributed by atoms with van der Waals surface area (Å²) >= 11 is 0. The Morgan fingerprint density at radius 2 is 2.09 bits per heavy atom. The van der Waals surface area contributed by atoms with Gasteiger partial charge in [-0.1, -0.05) is 0 Å². The van der Waals surface area contributed by atoms with Crippen LogP contribution >= 0.6 is 0 Å². The summed E-state index contributed by atoms with van der Waals surface area (Å²) in [5.74, 6) is 0.612. The minimum absolute atomic E-state index is 0.0670. The van der Waals surface area contributed by atoms with Gasteiger partial charge in [0.1, 0.15) is 11.9 Å². The predicted molar refractivity (Wildman–Crippen MR) is 82.2 cm³/mol. The average molecular weight is 311 g/mol. The second-order valence-corrected chi connectivity index (χ2v) is 5.61. The molecule has 0 radical (unpaired) electrons. The van der Waals surface area contributed by atoms with Crippen molar-refractivity contribution >= 4 is 11.7 Å². The van der Waals surface area contributed by atoms with Crippen molar-refractivity contribution < 1.29 is 4.79 Å². The monoisotopic (exact) mass is 311 g/mol. The number of aromatic nitrogens is 4. The summed E-state index contributed by atoms with van der Waals surface area (Å²) in [7, 11) is 3.68. The molecule has 23 heavy (non-hydrogen) atoms. The zero-order valence-electron chi connectivity index (χ0n) is 13.2. The van der Waals surface area contributed by atoms with Crippen LogP contribution < -0.4 is 5.32 Å². The summed E-state index contributed by atoms with van der Waals surface area (Å²) in [6.07, 6.45) is 5.09. The van der Waals surface area contributed by atoms with Gasteiger partial charge in [-0.05, 0) is 6.92 Å². The number of nitrogens with zero attached hydrogens (tertiary/aromatic N) is 6. The number of nitrogens with one attached hydrogen (secondary N) is 1. The summed E-state index contributed by atoms with van der Waals surface area (Å²) in [5, 5.41) is 16.3. The van der Waals surface area contributed by atoms with E-state index in [2.05, 4.69) is 20.4 Å². The van der Waals surface area contributed by atoms with Crippen molar-refractivity contribution in [1.29, 1.82) is 5.26 Å². The lowest BCUT2D eigenvalue weighted by Gasteiger charge is -2.25. The Kier molecular flexibility index (Phi) is 3.70. The molecule has 0 unspecified atom stereocenters. The van der Waals surface area contributed by atoms with E-state index in [1.54, 1.807) is 22.8 Å². The van der Waals surface area contributed by atoms with E-state index in [1.165, 1.54) is 12.4 Å². The van der Waals surface area contributed by atoms with Gasteiger partial charge in [-0.2, -0.15) is 10.4 Å². The van der Waals surface area contributed by atoms with Crippen molar-refractivity contribution in [3.05, 3.63) is 35.5 Å². The molecule has 0 saturated carbocycles. The number of carbonyl (C=O) groups is 1. The molecular weight excluding hydrogens is 294 g/mol. The Hall–Kier alpha value is -2.95. The first-order chi connectivity index (χ1) is 11.0. The van der Waals surface area contributed by atoms with Gasteiger partial charge in [0.05, 0.1) is 30.7 Å². The number of amides is 1. The van der Waals surface area contributed by atoms with Crippen LogP contribution in [0.25, 0.3) is 0 Å². The first-order valence-electron chi connectivity index (χ1n) is 7.24. The van der Waals surface area contributed by atoms with Gasteiger partial charge >= 0.3 is 0 Å². The highest BCUT2D eigenvalue weighted by Gasteiger charge is 2.40. The topological polar surface area (TPSA) is 99.7 Å². The van der Waals surface area contributed by atoms with Crippen LogP contribution in [0.15, 0.2) is 18.6 Å². The number of rotatable bonds is 3. The zero-order valence-corrected chi connectivity index (χ0v) is 13.2. The van der Waals surface area contributed by atoms with E-state index < -0.39 is 0 Å². The van der Waals surface area contributed by atoms with Crippen molar-refractivity contribution in [3.8, 4) is 6.07 Å². The lowest BCUT2D eigenvalue weighted by atomic mass is 10.0. The predicted octanol–water partition coefficient (Wildman–Crippen LogP) is 0.774. The Bertz CT molecular complexity index is 774. The maximum atomic E-state index is 12.2. The highest BCUT2D eigenvalue weighted by atomic mass is 16.2. The van der Waals surface area contributed by atoms with Crippen LogP contribution in [-0.4, -0.2) is 43.6 Å². The summed E-state index contributed by atoms with van der Waals surface area (Å²) in [4.78, 5) is 22.1. The smallest absolute Gasteiger partial charge is 0.225 e. The minimum Gasteiger partial charge on any atom is -0.363 e. The molecule has 0 bridgehead atoms. The molecule has 0 spiro atoms. The second kappa shape index (κ2) is 5.68. The van der Waals surface area contributed by atoms with Gasteiger partial charge < -0.3 is 10.2 Å². The number of likely N-dealkylation sites (tertiary alicyclic amines) is 1. The van der Waals surface area contributed by atoms with E-state index in [0.717, 1.165) is 11.3 Å². The molecule has 8 nitrogen and oxygen atoms in total. The van der Waals surface area contributed by atoms with Crippen molar-refractivity contribution in [2.45, 2.75) is 25.4 Å². The Labute approximate surface area is 133 Å². The first kappa shape index (κ1) is 15.0. The molecule has 1 aliphatic heterocycles. The number of hydrogen-bond acceptors (Lipinski definition) is 6. The van der Waals surface area contributed by atoms with E-state index >= 15 is 0 Å². The molecule has 2 atom stereocenters. The number of nitriles is 1. The highest BCUT2D eigenvalue weighted by molar-refractivity contribution is 5.81. The third-order valence-electron chi connectivity index (χ3n) is 4.28. The summed E-state index contributed by atoms with van der Waals surface area (Å²) in [6, 6.07) is 1.69. The largest absolute Gasteiger partial charge is 0.363 e. The molecule has 1 aliphatic rings. The molecule has 0 aromatic carbocycles. The van der Waals surface area contributed by atoms with Gasteiger partial charge in [0.25, 0.3) is 0 Å². The van der Waals surface area contributed by atoms with Crippen LogP contribution in [0.1, 0.15) is 29.4 Å². The molecular formula is C15H17N7O. The molecule has 1 saturated heterocycles. The zero-order chi connectivity index (χ0) is 16.6. The fraction of sp³-hybridized carbons (Fsp3) is 0.400. The normalized spacial score (nSPS) is 20.6. The molecule has 2 aromatic heterocycles. The van der Waals surface area contributed by atoms with E-state index in [9.17, 15) is 4.79 Å². The molecule has 2 aromatic rings. The van der Waals surface area contributed by atoms with Gasteiger partial charge in [0, 0.05) is 31.8 Å². The van der Waals surface area contributed by atoms with Gasteiger partial charge in [0.15, 0.2) is 5.69 Å². The molecule has 3 heterocycles. The fourth-order valence-corrected chi connectivity index (χ4v) is 2.88. The number of carbonyl (C=O) groups excluding carboxylic acids is 1. The quantitative estimate of drug-likeness (QED) is 0.899. The SMILES string of the molecule is Cc1c([C@H]2[C@H](Nc3cnc(C#N)cn3)CC(=O)N2C)cnn1C. The van der Waals surface area contributed by atoms with Crippen molar-refractivity contribution in [2.75, 3.05) is 12.4 Å². The van der Waals surface area contributed by atoms with Gasteiger partial charge in [-0.15, -0.1) is 0 Å². The van der Waals surface area contributed by atoms with Crippen molar-refractivity contribution in [2.24, 2.45) is 7.05 Å². The molecule has 118 valence electrons. The highest BCUT2D eigenvalue weighted by Crippen LogP contribution is 2.34. The summed E-state index contributed by atoms with van der Waals surface area (Å²) in [6.45, 7) is 1.98. The van der Waals surface area contributed by atoms with E-state index in [4.69, 9.17) is 5.26 Å². The second-order valence-electron chi connectivity index (χ2n) is 5.61.